The second-order valence-electron chi connectivity index (χ2n) is 4.77. The lowest BCUT2D eigenvalue weighted by molar-refractivity contribution is -0.110. The molecule has 1 heterocycles. The van der Waals surface area contributed by atoms with Gasteiger partial charge in [0.15, 0.2) is 0 Å². The Morgan fingerprint density at radius 3 is 3.00 bits per heavy atom. The van der Waals surface area contributed by atoms with Crippen LogP contribution in [0.1, 0.15) is 24.8 Å². The number of benzene rings is 1. The zero-order chi connectivity index (χ0) is 12.5. The Hall–Kier alpha value is -1.54. The lowest BCUT2D eigenvalue weighted by Gasteiger charge is -2.14. The predicted octanol–water partition coefficient (Wildman–Crippen LogP) is 4.03. The van der Waals surface area contributed by atoms with Crippen LogP contribution in [0.25, 0.3) is 5.57 Å². The van der Waals surface area contributed by atoms with Gasteiger partial charge in [-0.15, -0.1) is 0 Å². The maximum Gasteiger partial charge on any atom is 0.256 e. The molecule has 1 aromatic rings. The largest absolute Gasteiger partial charge is 0.321 e. The van der Waals surface area contributed by atoms with Crippen LogP contribution in [0.4, 0.5) is 5.69 Å². The molecule has 0 spiro atoms. The molecule has 0 fully saturated rings. The van der Waals surface area contributed by atoms with E-state index in [1.165, 1.54) is 0 Å². The monoisotopic (exact) mass is 259 g/mol. The molecule has 2 aliphatic rings. The molecule has 18 heavy (non-hydrogen) atoms. The number of carbonyl (C=O) groups excluding carboxylic acids is 1. The van der Waals surface area contributed by atoms with Crippen LogP contribution in [-0.4, -0.2) is 5.91 Å². The van der Waals surface area contributed by atoms with Gasteiger partial charge in [-0.2, -0.15) is 0 Å². The second kappa shape index (κ2) is 4.62. The molecule has 2 nitrogen and oxygen atoms in total. The summed E-state index contributed by atoms with van der Waals surface area (Å²) in [6.45, 7) is 0. The highest BCUT2D eigenvalue weighted by Gasteiger charge is 2.25. The zero-order valence-electron chi connectivity index (χ0n) is 9.95. The van der Waals surface area contributed by atoms with Gasteiger partial charge in [-0.3, -0.25) is 4.79 Å². The summed E-state index contributed by atoms with van der Waals surface area (Å²) in [5, 5.41) is 3.55. The third-order valence-electron chi connectivity index (χ3n) is 3.48. The van der Waals surface area contributed by atoms with Crippen molar-refractivity contribution < 1.29 is 4.79 Å². The summed E-state index contributed by atoms with van der Waals surface area (Å²) in [4.78, 5) is 12.0. The summed E-state index contributed by atoms with van der Waals surface area (Å²) >= 11 is 6.00. The summed E-state index contributed by atoms with van der Waals surface area (Å²) in [7, 11) is 0. The summed E-state index contributed by atoms with van der Waals surface area (Å²) < 4.78 is 0. The molecule has 1 unspecified atom stereocenters. The first-order valence-electron chi connectivity index (χ1n) is 6.22. The molecule has 3 heteroatoms. The van der Waals surface area contributed by atoms with Gasteiger partial charge in [0.25, 0.3) is 5.91 Å². The smallest absolute Gasteiger partial charge is 0.256 e. The predicted molar refractivity (Wildman–Crippen MR) is 74.5 cm³/mol. The number of carbonyl (C=O) groups is 1. The summed E-state index contributed by atoms with van der Waals surface area (Å²) in [5.41, 5.74) is 2.57. The number of fused-ring (bicyclic) bond motifs is 1. The first kappa shape index (κ1) is 11.5. The normalized spacial score (nSPS) is 24.2. The van der Waals surface area contributed by atoms with Crippen LogP contribution in [0.2, 0.25) is 5.02 Å². The van der Waals surface area contributed by atoms with Crippen LogP contribution in [-0.2, 0) is 4.79 Å². The third-order valence-corrected chi connectivity index (χ3v) is 3.71. The van der Waals surface area contributed by atoms with Gasteiger partial charge < -0.3 is 5.32 Å². The highest BCUT2D eigenvalue weighted by atomic mass is 35.5. The standard InChI is InChI=1S/C15H14ClNO/c16-11-6-7-14-12(9-11)13(15(18)17-14)8-10-4-2-1-3-5-10/h1-2,6-10H,3-5H2,(H,17,18)/b13-8-. The number of rotatable bonds is 1. The van der Waals surface area contributed by atoms with Crippen LogP contribution in [0.15, 0.2) is 36.4 Å². The van der Waals surface area contributed by atoms with Gasteiger partial charge in [0, 0.05) is 21.8 Å². The van der Waals surface area contributed by atoms with Crippen molar-refractivity contribution in [2.24, 2.45) is 5.92 Å². The van der Waals surface area contributed by atoms with Gasteiger partial charge >= 0.3 is 0 Å². The number of nitrogens with one attached hydrogen (secondary N) is 1. The molecule has 3 rings (SSSR count). The average Bonchev–Trinajstić information content (AvgIpc) is 2.67. The molecule has 1 atom stereocenters. The van der Waals surface area contributed by atoms with Crippen molar-refractivity contribution in [1.82, 2.24) is 0 Å². The summed E-state index contributed by atoms with van der Waals surface area (Å²) in [6, 6.07) is 5.52. The quantitative estimate of drug-likeness (QED) is 0.599. The molecule has 1 aromatic carbocycles. The minimum atomic E-state index is -0.0122. The van der Waals surface area contributed by atoms with Gasteiger partial charge in [0.1, 0.15) is 0 Å². The fraction of sp³-hybridized carbons (Fsp3) is 0.267. The molecule has 0 saturated carbocycles. The van der Waals surface area contributed by atoms with E-state index in [0.29, 0.717) is 10.9 Å². The maximum absolute atomic E-state index is 12.0. The molecule has 92 valence electrons. The topological polar surface area (TPSA) is 29.1 Å². The van der Waals surface area contributed by atoms with Crippen LogP contribution in [0, 0.1) is 5.92 Å². The number of hydrogen-bond donors (Lipinski definition) is 1. The van der Waals surface area contributed by atoms with Gasteiger partial charge in [0.05, 0.1) is 0 Å². The van der Waals surface area contributed by atoms with E-state index in [-0.39, 0.29) is 5.91 Å². The van der Waals surface area contributed by atoms with Crippen molar-refractivity contribution >= 4 is 28.8 Å². The van der Waals surface area contributed by atoms with Crippen molar-refractivity contribution in [2.45, 2.75) is 19.3 Å². The third kappa shape index (κ3) is 2.08. The van der Waals surface area contributed by atoms with Crippen LogP contribution in [0.3, 0.4) is 0 Å². The highest BCUT2D eigenvalue weighted by Crippen LogP contribution is 2.35. The number of halogens is 1. The average molecular weight is 260 g/mol. The van der Waals surface area contributed by atoms with Gasteiger partial charge in [-0.05, 0) is 43.4 Å². The Balaban J connectivity index is 1.97. The molecule has 1 aliphatic heterocycles. The van der Waals surface area contributed by atoms with E-state index in [2.05, 4.69) is 23.5 Å². The second-order valence-corrected chi connectivity index (χ2v) is 5.21. The molecule has 1 amide bonds. The van der Waals surface area contributed by atoms with Gasteiger partial charge in [0.2, 0.25) is 0 Å². The van der Waals surface area contributed by atoms with Crippen molar-refractivity contribution in [1.29, 1.82) is 0 Å². The molecule has 0 radical (unpaired) electrons. The summed E-state index contributed by atoms with van der Waals surface area (Å²) in [6.07, 6.45) is 9.72. The van der Waals surface area contributed by atoms with Crippen molar-refractivity contribution in [3.8, 4) is 0 Å². The Labute approximate surface area is 111 Å². The number of amides is 1. The van der Waals surface area contributed by atoms with Crippen molar-refractivity contribution in [2.75, 3.05) is 5.32 Å². The zero-order valence-corrected chi connectivity index (χ0v) is 10.7. The fourth-order valence-electron chi connectivity index (χ4n) is 2.53. The molecule has 0 aromatic heterocycles. The fourth-order valence-corrected chi connectivity index (χ4v) is 2.70. The molecule has 0 saturated heterocycles. The first-order chi connectivity index (χ1) is 8.74. The first-order valence-corrected chi connectivity index (χ1v) is 6.60. The molecule has 0 bridgehead atoms. The lowest BCUT2D eigenvalue weighted by Crippen LogP contribution is -2.06. The Bertz CT molecular complexity index is 560. The van der Waals surface area contributed by atoms with E-state index in [1.54, 1.807) is 6.07 Å². The number of anilines is 1. The van der Waals surface area contributed by atoms with E-state index in [0.717, 1.165) is 36.1 Å². The van der Waals surface area contributed by atoms with E-state index in [1.807, 2.05) is 12.1 Å². The van der Waals surface area contributed by atoms with Crippen LogP contribution in [0.5, 0.6) is 0 Å². The van der Waals surface area contributed by atoms with Crippen molar-refractivity contribution in [3.63, 3.8) is 0 Å². The Morgan fingerprint density at radius 2 is 2.22 bits per heavy atom. The van der Waals surface area contributed by atoms with Crippen LogP contribution < -0.4 is 5.32 Å². The Morgan fingerprint density at radius 1 is 1.33 bits per heavy atom. The van der Waals surface area contributed by atoms with Crippen LogP contribution >= 0.6 is 11.6 Å². The van der Waals surface area contributed by atoms with Gasteiger partial charge in [-0.25, -0.2) is 0 Å². The van der Waals surface area contributed by atoms with E-state index >= 15 is 0 Å². The molecule has 1 aliphatic carbocycles. The van der Waals surface area contributed by atoms with E-state index in [9.17, 15) is 4.79 Å². The summed E-state index contributed by atoms with van der Waals surface area (Å²) in [5.74, 6) is 0.447. The maximum atomic E-state index is 12.0. The Kier molecular flexibility index (Phi) is 2.96. The molecular formula is C15H14ClNO. The van der Waals surface area contributed by atoms with E-state index in [4.69, 9.17) is 11.6 Å². The van der Waals surface area contributed by atoms with Crippen molar-refractivity contribution in [3.05, 3.63) is 47.0 Å². The molecule has 1 N–H and O–H groups in total. The van der Waals surface area contributed by atoms with E-state index < -0.39 is 0 Å². The minimum Gasteiger partial charge on any atom is -0.321 e. The lowest BCUT2D eigenvalue weighted by atomic mass is 9.91. The van der Waals surface area contributed by atoms with Gasteiger partial charge in [-0.1, -0.05) is 29.8 Å². The highest BCUT2D eigenvalue weighted by molar-refractivity contribution is 6.34. The minimum absolute atomic E-state index is 0.0122. The number of allylic oxidation sites excluding steroid dienone is 3. The molecular weight excluding hydrogens is 246 g/mol. The SMILES string of the molecule is O=C1Nc2ccc(Cl)cc2/C1=C/C1CC=CCC1. The number of hydrogen-bond acceptors (Lipinski definition) is 1.